The quantitative estimate of drug-likeness (QED) is 0.377. The summed E-state index contributed by atoms with van der Waals surface area (Å²) in [6, 6.07) is 11.8. The minimum atomic E-state index is -3.63. The Balaban J connectivity index is 1.41. The molecule has 1 aliphatic heterocycles. The third-order valence-electron chi connectivity index (χ3n) is 7.11. The summed E-state index contributed by atoms with van der Waals surface area (Å²) in [5.41, 5.74) is 1.06. The third-order valence-corrected chi connectivity index (χ3v) is 10.4. The molecule has 7 nitrogen and oxygen atoms in total. The highest BCUT2D eigenvalue weighted by Gasteiger charge is 2.30. The van der Waals surface area contributed by atoms with Crippen molar-refractivity contribution < 1.29 is 17.9 Å². The number of amides is 1. The molecule has 2 fully saturated rings. The number of carbonyl (C=O) groups is 1. The number of nitrogens with zero attached hydrogens (tertiary/aromatic N) is 3. The van der Waals surface area contributed by atoms with E-state index in [4.69, 9.17) is 16.3 Å². The van der Waals surface area contributed by atoms with Gasteiger partial charge in [-0.2, -0.15) is 4.31 Å². The highest BCUT2D eigenvalue weighted by Crippen LogP contribution is 2.34. The number of anilines is 1. The lowest BCUT2D eigenvalue weighted by atomic mass is 9.96. The van der Waals surface area contributed by atoms with Gasteiger partial charge in [-0.15, -0.1) is 0 Å². The Labute approximate surface area is 221 Å². The SMILES string of the molecule is CN(C1CCCCC1)S(=O)(=O)c1ccc(C(=O)N(CC2CCCO2)c2nc3c(Cl)cccc3s2)cc1. The number of rotatable bonds is 7. The van der Waals surface area contributed by atoms with Crippen LogP contribution in [0.3, 0.4) is 0 Å². The standard InChI is InChI=1S/C26H30ClN3O4S2/c1-29(19-7-3-2-4-8-19)36(32,33)21-14-12-18(13-15-21)25(31)30(17-20-9-6-16-34-20)26-28-24-22(27)10-5-11-23(24)35-26/h5,10-15,19-20H,2-4,6-9,16-17H2,1H3. The van der Waals surface area contributed by atoms with Crippen molar-refractivity contribution in [3.05, 3.63) is 53.1 Å². The topological polar surface area (TPSA) is 79.8 Å². The van der Waals surface area contributed by atoms with Crippen molar-refractivity contribution in [2.24, 2.45) is 0 Å². The maximum atomic E-state index is 13.7. The van der Waals surface area contributed by atoms with Crippen LogP contribution in [-0.4, -0.2) is 56.0 Å². The summed E-state index contributed by atoms with van der Waals surface area (Å²) in [7, 11) is -1.97. The summed E-state index contributed by atoms with van der Waals surface area (Å²) in [4.78, 5) is 20.2. The van der Waals surface area contributed by atoms with E-state index in [2.05, 4.69) is 4.98 Å². The minimum absolute atomic E-state index is 0.0258. The summed E-state index contributed by atoms with van der Waals surface area (Å²) < 4.78 is 34.6. The van der Waals surface area contributed by atoms with Gasteiger partial charge in [-0.3, -0.25) is 9.69 Å². The average molecular weight is 548 g/mol. The van der Waals surface area contributed by atoms with Crippen molar-refractivity contribution in [2.45, 2.75) is 62.0 Å². The average Bonchev–Trinajstić information content (AvgIpc) is 3.57. The monoisotopic (exact) mass is 547 g/mol. The summed E-state index contributed by atoms with van der Waals surface area (Å²) in [5.74, 6) is -0.245. The molecule has 10 heteroatoms. The van der Waals surface area contributed by atoms with Crippen LogP contribution in [0.5, 0.6) is 0 Å². The van der Waals surface area contributed by atoms with E-state index in [1.807, 2.05) is 12.1 Å². The van der Waals surface area contributed by atoms with E-state index in [0.717, 1.165) is 49.6 Å². The number of aromatic nitrogens is 1. The van der Waals surface area contributed by atoms with Crippen molar-refractivity contribution in [3.8, 4) is 0 Å². The van der Waals surface area contributed by atoms with Gasteiger partial charge in [-0.05, 0) is 62.1 Å². The molecular weight excluding hydrogens is 518 g/mol. The van der Waals surface area contributed by atoms with Gasteiger partial charge in [0.1, 0.15) is 5.52 Å². The number of fused-ring (bicyclic) bond motifs is 1. The van der Waals surface area contributed by atoms with Crippen LogP contribution in [0.25, 0.3) is 10.2 Å². The van der Waals surface area contributed by atoms with Crippen LogP contribution in [0.2, 0.25) is 5.02 Å². The van der Waals surface area contributed by atoms with Crippen LogP contribution < -0.4 is 4.90 Å². The number of thiazole rings is 1. The summed E-state index contributed by atoms with van der Waals surface area (Å²) in [6.45, 7) is 1.06. The normalized spacial score (nSPS) is 19.2. The Morgan fingerprint density at radius 1 is 1.08 bits per heavy atom. The molecule has 0 radical (unpaired) electrons. The Bertz CT molecular complexity index is 1330. The number of benzene rings is 2. The largest absolute Gasteiger partial charge is 0.376 e. The number of hydrogen-bond acceptors (Lipinski definition) is 6. The molecule has 1 aromatic heterocycles. The number of carbonyl (C=O) groups excluding carboxylic acids is 1. The van der Waals surface area contributed by atoms with Gasteiger partial charge in [-0.25, -0.2) is 13.4 Å². The second-order valence-corrected chi connectivity index (χ2v) is 12.9. The molecule has 192 valence electrons. The first-order chi connectivity index (χ1) is 17.3. The molecule has 1 amide bonds. The molecule has 3 aromatic rings. The lowest BCUT2D eigenvalue weighted by molar-refractivity contribution is 0.0917. The number of sulfonamides is 1. The smallest absolute Gasteiger partial charge is 0.260 e. The maximum absolute atomic E-state index is 13.7. The van der Waals surface area contributed by atoms with Gasteiger partial charge in [0.05, 0.1) is 27.3 Å². The number of para-hydroxylation sites is 1. The molecule has 2 heterocycles. The molecule has 0 bridgehead atoms. The fourth-order valence-electron chi connectivity index (χ4n) is 4.99. The lowest BCUT2D eigenvalue weighted by Gasteiger charge is -2.30. The van der Waals surface area contributed by atoms with E-state index in [9.17, 15) is 13.2 Å². The number of halogens is 1. The van der Waals surface area contributed by atoms with Gasteiger partial charge >= 0.3 is 0 Å². The Morgan fingerprint density at radius 3 is 2.50 bits per heavy atom. The minimum Gasteiger partial charge on any atom is -0.376 e. The predicted molar refractivity (Wildman–Crippen MR) is 144 cm³/mol. The third kappa shape index (κ3) is 5.17. The zero-order valence-electron chi connectivity index (χ0n) is 20.2. The van der Waals surface area contributed by atoms with Gasteiger partial charge < -0.3 is 4.74 Å². The summed E-state index contributed by atoms with van der Waals surface area (Å²) in [5, 5.41) is 1.09. The molecular formula is C26H30ClN3O4S2. The molecule has 1 saturated carbocycles. The van der Waals surface area contributed by atoms with Crippen LogP contribution in [0.4, 0.5) is 5.13 Å². The molecule has 5 rings (SSSR count). The van der Waals surface area contributed by atoms with Crippen molar-refractivity contribution >= 4 is 54.2 Å². The molecule has 1 saturated heterocycles. The summed E-state index contributed by atoms with van der Waals surface area (Å²) in [6.07, 6.45) is 6.79. The Morgan fingerprint density at radius 2 is 1.83 bits per heavy atom. The van der Waals surface area contributed by atoms with Gasteiger partial charge in [-0.1, -0.05) is 48.3 Å². The Hall–Kier alpha value is -2.04. The second kappa shape index (κ2) is 10.8. The van der Waals surface area contributed by atoms with Gasteiger partial charge in [0.15, 0.2) is 5.13 Å². The lowest BCUT2D eigenvalue weighted by Crippen LogP contribution is -2.38. The Kier molecular flexibility index (Phi) is 7.65. The molecule has 0 spiro atoms. The molecule has 2 aromatic carbocycles. The predicted octanol–water partition coefficient (Wildman–Crippen LogP) is 5.73. The second-order valence-electron chi connectivity index (χ2n) is 9.47. The van der Waals surface area contributed by atoms with Gasteiger partial charge in [0, 0.05) is 25.3 Å². The van der Waals surface area contributed by atoms with Crippen molar-refractivity contribution in [3.63, 3.8) is 0 Å². The zero-order valence-corrected chi connectivity index (χ0v) is 22.6. The van der Waals surface area contributed by atoms with E-state index < -0.39 is 10.0 Å². The first kappa shape index (κ1) is 25.6. The molecule has 2 aliphatic rings. The summed E-state index contributed by atoms with van der Waals surface area (Å²) >= 11 is 7.74. The van der Waals surface area contributed by atoms with E-state index in [-0.39, 0.29) is 22.9 Å². The van der Waals surface area contributed by atoms with Crippen LogP contribution >= 0.6 is 22.9 Å². The van der Waals surface area contributed by atoms with Gasteiger partial charge in [0.2, 0.25) is 10.0 Å². The first-order valence-electron chi connectivity index (χ1n) is 12.4. The molecule has 1 unspecified atom stereocenters. The van der Waals surface area contributed by atoms with Crippen molar-refractivity contribution in [1.29, 1.82) is 0 Å². The van der Waals surface area contributed by atoms with E-state index in [0.29, 0.717) is 34.4 Å². The molecule has 36 heavy (non-hydrogen) atoms. The molecule has 1 aliphatic carbocycles. The van der Waals surface area contributed by atoms with Crippen LogP contribution in [0.15, 0.2) is 47.4 Å². The maximum Gasteiger partial charge on any atom is 0.260 e. The highest BCUT2D eigenvalue weighted by molar-refractivity contribution is 7.89. The molecule has 0 N–H and O–H groups in total. The van der Waals surface area contributed by atoms with Crippen molar-refractivity contribution in [2.75, 3.05) is 25.1 Å². The van der Waals surface area contributed by atoms with Crippen molar-refractivity contribution in [1.82, 2.24) is 9.29 Å². The number of ether oxygens (including phenoxy) is 1. The van der Waals surface area contributed by atoms with E-state index >= 15 is 0 Å². The zero-order chi connectivity index (χ0) is 25.3. The number of hydrogen-bond donors (Lipinski definition) is 0. The van der Waals surface area contributed by atoms with Crippen LogP contribution in [0.1, 0.15) is 55.3 Å². The fourth-order valence-corrected chi connectivity index (χ4v) is 7.68. The highest BCUT2D eigenvalue weighted by atomic mass is 35.5. The van der Waals surface area contributed by atoms with Gasteiger partial charge in [0.25, 0.3) is 5.91 Å². The molecule has 1 atom stereocenters. The van der Waals surface area contributed by atoms with E-state index in [1.54, 1.807) is 30.1 Å². The van der Waals surface area contributed by atoms with Crippen LogP contribution in [0, 0.1) is 0 Å². The first-order valence-corrected chi connectivity index (χ1v) is 15.0. The van der Waals surface area contributed by atoms with E-state index in [1.165, 1.54) is 27.8 Å². The fraction of sp³-hybridized carbons (Fsp3) is 0.462. The van der Waals surface area contributed by atoms with Crippen LogP contribution in [-0.2, 0) is 14.8 Å².